The van der Waals surface area contributed by atoms with Crippen molar-refractivity contribution in [3.05, 3.63) is 23.0 Å². The van der Waals surface area contributed by atoms with Gasteiger partial charge in [0.05, 0.1) is 22.9 Å². The van der Waals surface area contributed by atoms with Crippen LogP contribution >= 0.6 is 11.6 Å². The highest BCUT2D eigenvalue weighted by molar-refractivity contribution is 6.33. The number of benzene rings is 1. The second-order valence-electron chi connectivity index (χ2n) is 5.50. The molecule has 0 aliphatic carbocycles. The summed E-state index contributed by atoms with van der Waals surface area (Å²) in [7, 11) is 0. The zero-order valence-corrected chi connectivity index (χ0v) is 13.1. The van der Waals surface area contributed by atoms with Crippen LogP contribution in [0.15, 0.2) is 12.1 Å². The standard InChI is InChI=1S/C16H15ClFN3O2/c1-2-6-19-12-9-14(11(18)8-10(12)17)21-15(22)13-5-3-4-7-20(13)16(21)23/h1,8-9,13,19H,3-7H2. The molecular weight excluding hydrogens is 321 g/mol. The van der Waals surface area contributed by atoms with E-state index < -0.39 is 17.9 Å². The van der Waals surface area contributed by atoms with Crippen LogP contribution < -0.4 is 10.2 Å². The van der Waals surface area contributed by atoms with Crippen molar-refractivity contribution in [1.29, 1.82) is 0 Å². The molecule has 1 N–H and O–H groups in total. The Kier molecular flexibility index (Phi) is 4.14. The Morgan fingerprint density at radius 2 is 2.17 bits per heavy atom. The smallest absolute Gasteiger partial charge is 0.332 e. The molecule has 3 amide bonds. The van der Waals surface area contributed by atoms with Crippen molar-refractivity contribution in [3.8, 4) is 12.3 Å². The monoisotopic (exact) mass is 335 g/mol. The Labute approximate surface area is 138 Å². The lowest BCUT2D eigenvalue weighted by Gasteiger charge is -2.26. The van der Waals surface area contributed by atoms with E-state index in [-0.39, 0.29) is 23.2 Å². The Morgan fingerprint density at radius 3 is 2.87 bits per heavy atom. The summed E-state index contributed by atoms with van der Waals surface area (Å²) < 4.78 is 14.3. The van der Waals surface area contributed by atoms with Crippen LogP contribution in [0.3, 0.4) is 0 Å². The molecule has 0 bridgehead atoms. The molecule has 1 unspecified atom stereocenters. The number of hydrogen-bond acceptors (Lipinski definition) is 3. The van der Waals surface area contributed by atoms with Crippen LogP contribution in [-0.2, 0) is 4.79 Å². The lowest BCUT2D eigenvalue weighted by atomic mass is 10.0. The molecule has 2 saturated heterocycles. The van der Waals surface area contributed by atoms with E-state index in [1.165, 1.54) is 11.0 Å². The highest BCUT2D eigenvalue weighted by Crippen LogP contribution is 2.36. The summed E-state index contributed by atoms with van der Waals surface area (Å²) in [5, 5.41) is 2.99. The summed E-state index contributed by atoms with van der Waals surface area (Å²) >= 11 is 5.97. The van der Waals surface area contributed by atoms with Crippen LogP contribution in [0.2, 0.25) is 5.02 Å². The first-order chi connectivity index (χ1) is 11.0. The highest BCUT2D eigenvalue weighted by atomic mass is 35.5. The number of nitrogens with one attached hydrogen (secondary N) is 1. The number of nitrogens with zero attached hydrogens (tertiary/aromatic N) is 2. The largest absolute Gasteiger partial charge is 0.373 e. The lowest BCUT2D eigenvalue weighted by molar-refractivity contribution is -0.120. The second kappa shape index (κ2) is 6.09. The topological polar surface area (TPSA) is 52.7 Å². The Bertz CT molecular complexity index is 692. The van der Waals surface area contributed by atoms with E-state index in [0.29, 0.717) is 18.7 Å². The first-order valence-electron chi connectivity index (χ1n) is 7.35. The van der Waals surface area contributed by atoms with Crippen molar-refractivity contribution in [2.45, 2.75) is 25.3 Å². The molecule has 120 valence electrons. The minimum atomic E-state index is -0.720. The molecule has 1 aromatic rings. The lowest BCUT2D eigenvalue weighted by Crippen LogP contribution is -2.39. The molecule has 1 aromatic carbocycles. The van der Waals surface area contributed by atoms with Crippen LogP contribution in [0.4, 0.5) is 20.6 Å². The predicted octanol–water partition coefficient (Wildman–Crippen LogP) is 2.85. The third-order valence-corrected chi connectivity index (χ3v) is 4.42. The van der Waals surface area contributed by atoms with Gasteiger partial charge in [0.2, 0.25) is 0 Å². The van der Waals surface area contributed by atoms with E-state index in [0.717, 1.165) is 23.8 Å². The van der Waals surface area contributed by atoms with Gasteiger partial charge in [0.15, 0.2) is 0 Å². The van der Waals surface area contributed by atoms with Gasteiger partial charge in [0, 0.05) is 6.54 Å². The number of piperidine rings is 1. The molecule has 23 heavy (non-hydrogen) atoms. The molecule has 5 nitrogen and oxygen atoms in total. The normalized spacial score (nSPS) is 20.5. The summed E-state index contributed by atoms with van der Waals surface area (Å²) in [5.74, 6) is 1.28. The van der Waals surface area contributed by atoms with Crippen LogP contribution in [0.1, 0.15) is 19.3 Å². The zero-order valence-electron chi connectivity index (χ0n) is 12.3. The van der Waals surface area contributed by atoms with Gasteiger partial charge in [-0.3, -0.25) is 4.79 Å². The third-order valence-electron chi connectivity index (χ3n) is 4.10. The Hall–Kier alpha value is -2.26. The van der Waals surface area contributed by atoms with E-state index in [1.807, 2.05) is 0 Å². The van der Waals surface area contributed by atoms with Gasteiger partial charge in [0.1, 0.15) is 11.9 Å². The fourth-order valence-corrected chi connectivity index (χ4v) is 3.22. The van der Waals surface area contributed by atoms with Gasteiger partial charge in [-0.1, -0.05) is 17.5 Å². The zero-order chi connectivity index (χ0) is 16.6. The van der Waals surface area contributed by atoms with Crippen molar-refractivity contribution in [2.24, 2.45) is 0 Å². The average molecular weight is 336 g/mol. The van der Waals surface area contributed by atoms with Gasteiger partial charge >= 0.3 is 6.03 Å². The SMILES string of the molecule is C#CCNc1cc(N2C(=O)C3CCCCN3C2=O)c(F)cc1Cl. The van der Waals surface area contributed by atoms with E-state index in [9.17, 15) is 14.0 Å². The predicted molar refractivity (Wildman–Crippen MR) is 86.0 cm³/mol. The number of terminal acetylenes is 1. The molecule has 0 radical (unpaired) electrons. The Balaban J connectivity index is 1.99. The van der Waals surface area contributed by atoms with Crippen molar-refractivity contribution in [1.82, 2.24) is 4.90 Å². The van der Waals surface area contributed by atoms with E-state index in [4.69, 9.17) is 18.0 Å². The van der Waals surface area contributed by atoms with Crippen molar-refractivity contribution in [2.75, 3.05) is 23.3 Å². The third kappa shape index (κ3) is 2.62. The number of urea groups is 1. The molecule has 2 fully saturated rings. The quantitative estimate of drug-likeness (QED) is 0.682. The number of carbonyl (C=O) groups excluding carboxylic acids is 2. The maximum Gasteiger partial charge on any atom is 0.332 e. The number of anilines is 2. The van der Waals surface area contributed by atoms with Crippen LogP contribution in [0, 0.1) is 18.2 Å². The maximum absolute atomic E-state index is 14.3. The van der Waals surface area contributed by atoms with Crippen LogP contribution in [-0.4, -0.2) is 36.0 Å². The first kappa shape index (κ1) is 15.6. The van der Waals surface area contributed by atoms with Gasteiger partial charge in [-0.15, -0.1) is 6.42 Å². The van der Waals surface area contributed by atoms with Crippen molar-refractivity contribution < 1.29 is 14.0 Å². The molecule has 2 heterocycles. The highest BCUT2D eigenvalue weighted by Gasteiger charge is 2.47. The van der Waals surface area contributed by atoms with Gasteiger partial charge in [-0.05, 0) is 31.4 Å². The molecule has 7 heteroatoms. The fourth-order valence-electron chi connectivity index (χ4n) is 3.00. The van der Waals surface area contributed by atoms with Gasteiger partial charge < -0.3 is 10.2 Å². The number of halogens is 2. The summed E-state index contributed by atoms with van der Waals surface area (Å²) in [6.07, 6.45) is 7.52. The molecule has 0 saturated carbocycles. The van der Waals surface area contributed by atoms with Gasteiger partial charge in [0.25, 0.3) is 5.91 Å². The first-order valence-corrected chi connectivity index (χ1v) is 7.73. The number of amides is 3. The van der Waals surface area contributed by atoms with E-state index >= 15 is 0 Å². The van der Waals surface area contributed by atoms with Crippen molar-refractivity contribution >= 4 is 34.9 Å². The van der Waals surface area contributed by atoms with Crippen LogP contribution in [0.25, 0.3) is 0 Å². The summed E-state index contributed by atoms with van der Waals surface area (Å²) in [6.45, 7) is 0.713. The minimum Gasteiger partial charge on any atom is -0.373 e. The van der Waals surface area contributed by atoms with Gasteiger partial charge in [-0.2, -0.15) is 0 Å². The molecule has 2 aliphatic heterocycles. The second-order valence-corrected chi connectivity index (χ2v) is 5.91. The average Bonchev–Trinajstić information content (AvgIpc) is 2.79. The van der Waals surface area contributed by atoms with Crippen LogP contribution in [0.5, 0.6) is 0 Å². The van der Waals surface area contributed by atoms with Gasteiger partial charge in [-0.25, -0.2) is 14.1 Å². The van der Waals surface area contributed by atoms with Crippen molar-refractivity contribution in [3.63, 3.8) is 0 Å². The number of fused-ring (bicyclic) bond motifs is 1. The molecule has 0 spiro atoms. The minimum absolute atomic E-state index is 0.0988. The van der Waals surface area contributed by atoms with E-state index in [2.05, 4.69) is 11.2 Å². The maximum atomic E-state index is 14.3. The van der Waals surface area contributed by atoms with E-state index in [1.54, 1.807) is 0 Å². The Morgan fingerprint density at radius 1 is 1.39 bits per heavy atom. The molecule has 2 aliphatic rings. The summed E-state index contributed by atoms with van der Waals surface area (Å²) in [4.78, 5) is 27.4. The number of carbonyl (C=O) groups is 2. The molecule has 1 atom stereocenters. The fraction of sp³-hybridized carbons (Fsp3) is 0.375. The summed E-state index contributed by atoms with van der Waals surface area (Å²) in [5.41, 5.74) is 0.282. The molecule has 3 rings (SSSR count). The molecule has 0 aromatic heterocycles. The summed E-state index contributed by atoms with van der Waals surface area (Å²) in [6, 6.07) is 1.45. The number of imide groups is 1. The number of rotatable bonds is 3. The number of hydrogen-bond donors (Lipinski definition) is 1. The molecular formula is C16H15ClFN3O2.